The summed E-state index contributed by atoms with van der Waals surface area (Å²) in [5.41, 5.74) is -0.0368. The second-order valence-corrected chi connectivity index (χ2v) is 3.42. The highest BCUT2D eigenvalue weighted by molar-refractivity contribution is 5.84. The Balaban J connectivity index is 2.24. The summed E-state index contributed by atoms with van der Waals surface area (Å²) in [6.45, 7) is 3.98. The molecular formula is C9H16N4O3. The van der Waals surface area contributed by atoms with Gasteiger partial charge < -0.3 is 15.2 Å². The number of ether oxygens (including phenoxy) is 1. The van der Waals surface area contributed by atoms with Crippen LogP contribution in [-0.2, 0) is 11.3 Å². The van der Waals surface area contributed by atoms with Gasteiger partial charge in [-0.05, 0) is 6.92 Å². The minimum Gasteiger partial charge on any atom is -0.476 e. The maximum absolute atomic E-state index is 10.5. The van der Waals surface area contributed by atoms with Gasteiger partial charge in [0.25, 0.3) is 0 Å². The minimum atomic E-state index is -1.06. The van der Waals surface area contributed by atoms with Gasteiger partial charge in [-0.3, -0.25) is 4.68 Å². The van der Waals surface area contributed by atoms with Gasteiger partial charge in [0.1, 0.15) is 0 Å². The smallest absolute Gasteiger partial charge is 0.358 e. The molecule has 2 N–H and O–H groups in total. The van der Waals surface area contributed by atoms with E-state index >= 15 is 0 Å². The lowest BCUT2D eigenvalue weighted by Crippen LogP contribution is -2.28. The first kappa shape index (κ1) is 12.6. The van der Waals surface area contributed by atoms with Crippen molar-refractivity contribution in [3.05, 3.63) is 11.9 Å². The summed E-state index contributed by atoms with van der Waals surface area (Å²) in [4.78, 5) is 10.5. The Morgan fingerprint density at radius 1 is 1.75 bits per heavy atom. The molecule has 1 aromatic rings. The van der Waals surface area contributed by atoms with Crippen LogP contribution in [-0.4, -0.2) is 52.4 Å². The van der Waals surface area contributed by atoms with E-state index in [9.17, 15) is 4.79 Å². The molecule has 0 radical (unpaired) electrons. The van der Waals surface area contributed by atoms with Crippen molar-refractivity contribution in [1.29, 1.82) is 0 Å². The molecule has 7 heteroatoms. The molecule has 0 bridgehead atoms. The highest BCUT2D eigenvalue weighted by atomic mass is 16.5. The fourth-order valence-electron chi connectivity index (χ4n) is 1.09. The van der Waals surface area contributed by atoms with E-state index in [2.05, 4.69) is 15.6 Å². The first-order valence-electron chi connectivity index (χ1n) is 5.00. The number of methoxy groups -OCH3 is 1. The fraction of sp³-hybridized carbons (Fsp3) is 0.667. The zero-order valence-corrected chi connectivity index (χ0v) is 9.38. The first-order valence-corrected chi connectivity index (χ1v) is 5.00. The fourth-order valence-corrected chi connectivity index (χ4v) is 1.09. The number of hydrogen-bond acceptors (Lipinski definition) is 5. The summed E-state index contributed by atoms with van der Waals surface area (Å²) in [7, 11) is 1.66. The molecule has 1 heterocycles. The van der Waals surface area contributed by atoms with Gasteiger partial charge in [0.05, 0.1) is 18.8 Å². The SMILES string of the molecule is COC(C)CNCCn1cc(C(=O)O)nn1. The standard InChI is InChI=1S/C9H16N4O3/c1-7(16-2)5-10-3-4-13-6-8(9(14)15)11-12-13/h6-7,10H,3-5H2,1-2H3,(H,14,15). The van der Waals surface area contributed by atoms with Gasteiger partial charge in [0, 0.05) is 20.2 Å². The Morgan fingerprint density at radius 3 is 3.06 bits per heavy atom. The molecule has 0 aliphatic rings. The van der Waals surface area contributed by atoms with Crippen molar-refractivity contribution >= 4 is 5.97 Å². The second-order valence-electron chi connectivity index (χ2n) is 3.42. The molecule has 0 saturated heterocycles. The predicted octanol–water partition coefficient (Wildman–Crippen LogP) is -0.399. The summed E-state index contributed by atoms with van der Waals surface area (Å²) in [5.74, 6) is -1.06. The molecule has 0 fully saturated rings. The van der Waals surface area contributed by atoms with Gasteiger partial charge in [0.15, 0.2) is 5.69 Å². The molecule has 90 valence electrons. The van der Waals surface area contributed by atoms with Crippen molar-refractivity contribution in [2.24, 2.45) is 0 Å². The third-order valence-electron chi connectivity index (χ3n) is 2.11. The predicted molar refractivity (Wildman–Crippen MR) is 56.3 cm³/mol. The van der Waals surface area contributed by atoms with E-state index < -0.39 is 5.97 Å². The molecule has 1 unspecified atom stereocenters. The van der Waals surface area contributed by atoms with Crippen LogP contribution in [0.5, 0.6) is 0 Å². The quantitative estimate of drug-likeness (QED) is 0.617. The molecule has 1 aromatic heterocycles. The topological polar surface area (TPSA) is 89.3 Å². The molecule has 0 aliphatic heterocycles. The van der Waals surface area contributed by atoms with Crippen molar-refractivity contribution in [1.82, 2.24) is 20.3 Å². The van der Waals surface area contributed by atoms with Gasteiger partial charge in [-0.15, -0.1) is 5.10 Å². The summed E-state index contributed by atoms with van der Waals surface area (Å²) >= 11 is 0. The molecular weight excluding hydrogens is 212 g/mol. The van der Waals surface area contributed by atoms with Crippen LogP contribution in [0.15, 0.2) is 6.20 Å². The van der Waals surface area contributed by atoms with Crippen molar-refractivity contribution in [3.8, 4) is 0 Å². The second kappa shape index (κ2) is 6.19. The van der Waals surface area contributed by atoms with E-state index in [1.807, 2.05) is 6.92 Å². The van der Waals surface area contributed by atoms with Gasteiger partial charge in [0.2, 0.25) is 0 Å². The van der Waals surface area contributed by atoms with Crippen LogP contribution in [0.4, 0.5) is 0 Å². The van der Waals surface area contributed by atoms with E-state index in [-0.39, 0.29) is 11.8 Å². The number of rotatable bonds is 7. The highest BCUT2D eigenvalue weighted by Crippen LogP contribution is 1.92. The molecule has 0 amide bonds. The maximum Gasteiger partial charge on any atom is 0.358 e. The number of nitrogens with one attached hydrogen (secondary N) is 1. The van der Waals surface area contributed by atoms with Crippen molar-refractivity contribution < 1.29 is 14.6 Å². The lowest BCUT2D eigenvalue weighted by molar-refractivity contribution is 0.0690. The average molecular weight is 228 g/mol. The van der Waals surface area contributed by atoms with Crippen LogP contribution in [0.3, 0.4) is 0 Å². The average Bonchev–Trinajstić information content (AvgIpc) is 2.72. The lowest BCUT2D eigenvalue weighted by Gasteiger charge is -2.10. The summed E-state index contributed by atoms with van der Waals surface area (Å²) in [6, 6.07) is 0. The van der Waals surface area contributed by atoms with E-state index in [1.54, 1.807) is 7.11 Å². The molecule has 7 nitrogen and oxygen atoms in total. The van der Waals surface area contributed by atoms with Crippen molar-refractivity contribution in [3.63, 3.8) is 0 Å². The Kier molecular flexibility index (Phi) is 4.87. The van der Waals surface area contributed by atoms with Crippen LogP contribution in [0.2, 0.25) is 0 Å². The number of nitrogens with zero attached hydrogens (tertiary/aromatic N) is 3. The molecule has 0 aromatic carbocycles. The Morgan fingerprint density at radius 2 is 2.50 bits per heavy atom. The molecule has 1 atom stereocenters. The van der Waals surface area contributed by atoms with E-state index in [4.69, 9.17) is 9.84 Å². The van der Waals surface area contributed by atoms with Gasteiger partial charge in [-0.25, -0.2) is 4.79 Å². The molecule has 16 heavy (non-hydrogen) atoms. The van der Waals surface area contributed by atoms with E-state index in [1.165, 1.54) is 10.9 Å². The zero-order chi connectivity index (χ0) is 12.0. The Labute approximate surface area is 93.4 Å². The number of hydrogen-bond donors (Lipinski definition) is 2. The summed E-state index contributed by atoms with van der Waals surface area (Å²) in [6.07, 6.45) is 1.56. The number of carboxylic acids is 1. The minimum absolute atomic E-state index is 0.0368. The monoisotopic (exact) mass is 228 g/mol. The van der Waals surface area contributed by atoms with Crippen LogP contribution >= 0.6 is 0 Å². The Bertz CT molecular complexity index is 339. The zero-order valence-electron chi connectivity index (χ0n) is 9.38. The molecule has 0 saturated carbocycles. The maximum atomic E-state index is 10.5. The highest BCUT2D eigenvalue weighted by Gasteiger charge is 2.07. The van der Waals surface area contributed by atoms with Gasteiger partial charge >= 0.3 is 5.97 Å². The molecule has 0 aliphatic carbocycles. The molecule has 1 rings (SSSR count). The third kappa shape index (κ3) is 3.95. The van der Waals surface area contributed by atoms with Gasteiger partial charge in [-0.1, -0.05) is 5.21 Å². The van der Waals surface area contributed by atoms with Crippen LogP contribution < -0.4 is 5.32 Å². The van der Waals surface area contributed by atoms with Crippen molar-refractivity contribution in [2.75, 3.05) is 20.2 Å². The molecule has 0 spiro atoms. The summed E-state index contributed by atoms with van der Waals surface area (Å²) in [5, 5.41) is 19.0. The van der Waals surface area contributed by atoms with Crippen LogP contribution in [0.25, 0.3) is 0 Å². The number of carbonyl (C=O) groups is 1. The third-order valence-corrected chi connectivity index (χ3v) is 2.11. The normalized spacial score (nSPS) is 12.6. The van der Waals surface area contributed by atoms with E-state index in [0.717, 1.165) is 6.54 Å². The summed E-state index contributed by atoms with van der Waals surface area (Å²) < 4.78 is 6.56. The lowest BCUT2D eigenvalue weighted by atomic mass is 10.4. The number of aromatic nitrogens is 3. The van der Waals surface area contributed by atoms with E-state index in [0.29, 0.717) is 13.1 Å². The number of aromatic carboxylic acids is 1. The number of carboxylic acid groups (broad SMARTS) is 1. The van der Waals surface area contributed by atoms with Crippen molar-refractivity contribution in [2.45, 2.75) is 19.6 Å². The van der Waals surface area contributed by atoms with Crippen LogP contribution in [0, 0.1) is 0 Å². The largest absolute Gasteiger partial charge is 0.476 e. The first-order chi connectivity index (χ1) is 7.63. The van der Waals surface area contributed by atoms with Crippen LogP contribution in [0.1, 0.15) is 17.4 Å². The Hall–Kier alpha value is -1.47. The van der Waals surface area contributed by atoms with Gasteiger partial charge in [-0.2, -0.15) is 0 Å².